The SMILES string of the molecule is CCCCCCC(C)Nc1ccc2c(c1)OCO2. The van der Waals surface area contributed by atoms with Gasteiger partial charge in [0, 0.05) is 17.8 Å². The number of anilines is 1. The summed E-state index contributed by atoms with van der Waals surface area (Å²) in [5, 5.41) is 3.51. The van der Waals surface area contributed by atoms with Gasteiger partial charge < -0.3 is 14.8 Å². The summed E-state index contributed by atoms with van der Waals surface area (Å²) < 4.78 is 10.7. The number of unbranched alkanes of at least 4 members (excludes halogenated alkanes) is 3. The van der Waals surface area contributed by atoms with Crippen LogP contribution < -0.4 is 14.8 Å². The molecule has 0 saturated carbocycles. The highest BCUT2D eigenvalue weighted by atomic mass is 16.7. The summed E-state index contributed by atoms with van der Waals surface area (Å²) in [6.07, 6.45) is 6.49. The van der Waals surface area contributed by atoms with Gasteiger partial charge in [-0.15, -0.1) is 0 Å². The van der Waals surface area contributed by atoms with Gasteiger partial charge in [0.15, 0.2) is 11.5 Å². The van der Waals surface area contributed by atoms with Crippen LogP contribution >= 0.6 is 0 Å². The predicted molar refractivity (Wildman–Crippen MR) is 74.4 cm³/mol. The first-order valence-electron chi connectivity index (χ1n) is 6.96. The molecule has 0 aliphatic carbocycles. The fraction of sp³-hybridized carbons (Fsp3) is 0.600. The fourth-order valence-electron chi connectivity index (χ4n) is 2.22. The molecule has 0 spiro atoms. The van der Waals surface area contributed by atoms with E-state index in [1.54, 1.807) is 0 Å². The Bertz CT molecular complexity index is 379. The van der Waals surface area contributed by atoms with E-state index in [1.807, 2.05) is 12.1 Å². The second-order valence-corrected chi connectivity index (χ2v) is 4.96. The molecule has 0 amide bonds. The highest BCUT2D eigenvalue weighted by molar-refractivity contribution is 5.55. The Balaban J connectivity index is 1.78. The lowest BCUT2D eigenvalue weighted by Gasteiger charge is -2.15. The zero-order valence-electron chi connectivity index (χ0n) is 11.4. The Morgan fingerprint density at radius 1 is 1.17 bits per heavy atom. The summed E-state index contributed by atoms with van der Waals surface area (Å²) >= 11 is 0. The standard InChI is InChI=1S/C15H23NO2/c1-3-4-5-6-7-12(2)16-13-8-9-14-15(10-13)18-11-17-14/h8-10,12,16H,3-7,11H2,1-2H3. The zero-order chi connectivity index (χ0) is 12.8. The van der Waals surface area contributed by atoms with E-state index in [0.717, 1.165) is 17.2 Å². The van der Waals surface area contributed by atoms with Crippen molar-refractivity contribution >= 4 is 5.69 Å². The molecule has 2 rings (SSSR count). The van der Waals surface area contributed by atoms with E-state index in [4.69, 9.17) is 9.47 Å². The van der Waals surface area contributed by atoms with E-state index in [2.05, 4.69) is 25.2 Å². The molecule has 0 aromatic heterocycles. The van der Waals surface area contributed by atoms with E-state index in [1.165, 1.54) is 32.1 Å². The fourth-order valence-corrected chi connectivity index (χ4v) is 2.22. The first-order valence-corrected chi connectivity index (χ1v) is 6.96. The van der Waals surface area contributed by atoms with Gasteiger partial charge in [-0.25, -0.2) is 0 Å². The molecule has 1 aliphatic heterocycles. The Labute approximate surface area is 109 Å². The average molecular weight is 249 g/mol. The minimum absolute atomic E-state index is 0.339. The van der Waals surface area contributed by atoms with Crippen LogP contribution in [0.25, 0.3) is 0 Å². The highest BCUT2D eigenvalue weighted by Gasteiger charge is 2.13. The molecule has 1 aliphatic rings. The van der Waals surface area contributed by atoms with Crippen molar-refractivity contribution in [2.45, 2.75) is 52.0 Å². The van der Waals surface area contributed by atoms with E-state index < -0.39 is 0 Å². The van der Waals surface area contributed by atoms with Crippen molar-refractivity contribution in [2.24, 2.45) is 0 Å². The first kappa shape index (κ1) is 13.1. The Morgan fingerprint density at radius 2 is 2.00 bits per heavy atom. The third-order valence-corrected chi connectivity index (χ3v) is 3.28. The summed E-state index contributed by atoms with van der Waals surface area (Å²) in [6, 6.07) is 6.54. The maximum Gasteiger partial charge on any atom is 0.231 e. The largest absolute Gasteiger partial charge is 0.454 e. The quantitative estimate of drug-likeness (QED) is 0.735. The van der Waals surface area contributed by atoms with Crippen LogP contribution in [0.2, 0.25) is 0 Å². The van der Waals surface area contributed by atoms with Crippen molar-refractivity contribution in [3.8, 4) is 11.5 Å². The van der Waals surface area contributed by atoms with Crippen LogP contribution in [0.15, 0.2) is 18.2 Å². The number of hydrogen-bond acceptors (Lipinski definition) is 3. The number of fused-ring (bicyclic) bond motifs is 1. The topological polar surface area (TPSA) is 30.5 Å². The van der Waals surface area contributed by atoms with Crippen LogP contribution in [0.5, 0.6) is 11.5 Å². The van der Waals surface area contributed by atoms with E-state index in [-0.39, 0.29) is 0 Å². The molecule has 0 fully saturated rings. The molecule has 3 heteroatoms. The van der Waals surface area contributed by atoms with Crippen LogP contribution in [-0.4, -0.2) is 12.8 Å². The first-order chi connectivity index (χ1) is 8.79. The molecule has 0 radical (unpaired) electrons. The Hall–Kier alpha value is -1.38. The second kappa shape index (κ2) is 6.53. The molecule has 18 heavy (non-hydrogen) atoms. The molecule has 1 atom stereocenters. The van der Waals surface area contributed by atoms with Crippen molar-refractivity contribution in [2.75, 3.05) is 12.1 Å². The van der Waals surface area contributed by atoms with Crippen molar-refractivity contribution in [1.82, 2.24) is 0 Å². The number of hydrogen-bond donors (Lipinski definition) is 1. The minimum atomic E-state index is 0.339. The lowest BCUT2D eigenvalue weighted by atomic mass is 10.1. The van der Waals surface area contributed by atoms with Crippen LogP contribution in [0, 0.1) is 0 Å². The summed E-state index contributed by atoms with van der Waals surface area (Å²) in [7, 11) is 0. The van der Waals surface area contributed by atoms with Gasteiger partial charge in [-0.05, 0) is 25.5 Å². The zero-order valence-corrected chi connectivity index (χ0v) is 11.4. The normalized spacial score (nSPS) is 14.6. The van der Waals surface area contributed by atoms with E-state index in [0.29, 0.717) is 12.8 Å². The molecule has 3 nitrogen and oxygen atoms in total. The molecular formula is C15H23NO2. The molecule has 1 N–H and O–H groups in total. The monoisotopic (exact) mass is 249 g/mol. The van der Waals surface area contributed by atoms with Crippen LogP contribution in [0.4, 0.5) is 5.69 Å². The van der Waals surface area contributed by atoms with Crippen molar-refractivity contribution < 1.29 is 9.47 Å². The van der Waals surface area contributed by atoms with Gasteiger partial charge in [0.05, 0.1) is 0 Å². The smallest absolute Gasteiger partial charge is 0.231 e. The van der Waals surface area contributed by atoms with Crippen molar-refractivity contribution in [3.05, 3.63) is 18.2 Å². The maximum absolute atomic E-state index is 5.37. The lowest BCUT2D eigenvalue weighted by Crippen LogP contribution is -2.14. The summed E-state index contributed by atoms with van der Waals surface area (Å²) in [4.78, 5) is 0. The summed E-state index contributed by atoms with van der Waals surface area (Å²) in [6.45, 7) is 4.82. The van der Waals surface area contributed by atoms with Gasteiger partial charge >= 0.3 is 0 Å². The number of ether oxygens (including phenoxy) is 2. The van der Waals surface area contributed by atoms with Gasteiger partial charge in [0.25, 0.3) is 0 Å². The number of nitrogens with one attached hydrogen (secondary N) is 1. The van der Waals surface area contributed by atoms with Gasteiger partial charge in [-0.1, -0.05) is 32.6 Å². The van der Waals surface area contributed by atoms with Crippen LogP contribution in [0.3, 0.4) is 0 Å². The second-order valence-electron chi connectivity index (χ2n) is 4.96. The Morgan fingerprint density at radius 3 is 2.83 bits per heavy atom. The molecule has 1 aromatic rings. The lowest BCUT2D eigenvalue weighted by molar-refractivity contribution is 0.174. The molecule has 1 heterocycles. The predicted octanol–water partition coefficient (Wildman–Crippen LogP) is 4.19. The molecule has 0 saturated heterocycles. The molecule has 1 aromatic carbocycles. The third-order valence-electron chi connectivity index (χ3n) is 3.28. The van der Waals surface area contributed by atoms with Crippen molar-refractivity contribution in [1.29, 1.82) is 0 Å². The molecule has 0 bridgehead atoms. The van der Waals surface area contributed by atoms with Gasteiger partial charge in [0.1, 0.15) is 0 Å². The third kappa shape index (κ3) is 3.56. The molecule has 1 unspecified atom stereocenters. The summed E-state index contributed by atoms with van der Waals surface area (Å²) in [5.41, 5.74) is 1.11. The number of rotatable bonds is 7. The van der Waals surface area contributed by atoms with E-state index in [9.17, 15) is 0 Å². The van der Waals surface area contributed by atoms with Gasteiger partial charge in [-0.3, -0.25) is 0 Å². The molecular weight excluding hydrogens is 226 g/mol. The minimum Gasteiger partial charge on any atom is -0.454 e. The van der Waals surface area contributed by atoms with E-state index >= 15 is 0 Å². The van der Waals surface area contributed by atoms with Crippen molar-refractivity contribution in [3.63, 3.8) is 0 Å². The Kier molecular flexibility index (Phi) is 4.73. The van der Waals surface area contributed by atoms with Crippen LogP contribution in [-0.2, 0) is 0 Å². The van der Waals surface area contributed by atoms with Gasteiger partial charge in [-0.2, -0.15) is 0 Å². The van der Waals surface area contributed by atoms with Gasteiger partial charge in [0.2, 0.25) is 6.79 Å². The highest BCUT2D eigenvalue weighted by Crippen LogP contribution is 2.34. The average Bonchev–Trinajstić information content (AvgIpc) is 2.82. The maximum atomic E-state index is 5.37. The molecule has 100 valence electrons. The van der Waals surface area contributed by atoms with Crippen LogP contribution in [0.1, 0.15) is 46.0 Å². The number of benzene rings is 1. The summed E-state index contributed by atoms with van der Waals surface area (Å²) in [5.74, 6) is 1.69.